The molecule has 0 radical (unpaired) electrons. The van der Waals surface area contributed by atoms with Gasteiger partial charge in [0.05, 0.1) is 23.8 Å². The van der Waals surface area contributed by atoms with Gasteiger partial charge in [-0.3, -0.25) is 10.1 Å². The molecule has 1 rings (SSSR count). The topological polar surface area (TPSA) is 136 Å². The molecule has 0 aliphatic carbocycles. The maximum atomic E-state index is 10.8. The quantitative estimate of drug-likeness (QED) is 0.204. The van der Waals surface area contributed by atoms with Gasteiger partial charge in [0.15, 0.2) is 0 Å². The second-order valence-electron chi connectivity index (χ2n) is 2.77. The monoisotopic (exact) mass is 270 g/mol. The van der Waals surface area contributed by atoms with E-state index in [9.17, 15) is 23.1 Å². The van der Waals surface area contributed by atoms with Crippen LogP contribution >= 0.6 is 0 Å². The van der Waals surface area contributed by atoms with Crippen molar-refractivity contribution >= 4 is 21.5 Å². The van der Waals surface area contributed by atoms with Crippen molar-refractivity contribution in [1.82, 2.24) is 0 Å². The average Bonchev–Trinajstić information content (AvgIpc) is 2.15. The van der Waals surface area contributed by atoms with Crippen molar-refractivity contribution in [3.05, 3.63) is 22.2 Å². The molecule has 17 heavy (non-hydrogen) atoms. The van der Waals surface area contributed by atoms with Gasteiger partial charge in [-0.2, -0.15) is 0 Å². The SMILES string of the molecule is COc1cc([N+](=O)[O-])c(S(=O)(=O)[O-])cc1N.[Na+]. The smallest absolute Gasteiger partial charge is 0.744 e. The summed E-state index contributed by atoms with van der Waals surface area (Å²) < 4.78 is 36.9. The Morgan fingerprint density at radius 1 is 1.41 bits per heavy atom. The molecule has 8 nitrogen and oxygen atoms in total. The number of nitro groups is 1. The molecule has 0 heterocycles. The molecule has 1 aromatic carbocycles. The van der Waals surface area contributed by atoms with Crippen molar-refractivity contribution in [3.63, 3.8) is 0 Å². The maximum absolute atomic E-state index is 10.8. The van der Waals surface area contributed by atoms with Gasteiger partial charge in [-0.15, -0.1) is 0 Å². The third kappa shape index (κ3) is 3.54. The minimum atomic E-state index is -4.95. The molecule has 0 spiro atoms. The fraction of sp³-hybridized carbons (Fsp3) is 0.143. The van der Waals surface area contributed by atoms with Crippen LogP contribution < -0.4 is 40.0 Å². The van der Waals surface area contributed by atoms with E-state index in [-0.39, 0.29) is 41.0 Å². The van der Waals surface area contributed by atoms with Gasteiger partial charge in [0, 0.05) is 0 Å². The Kier molecular flexibility index (Phi) is 5.36. The molecule has 2 N–H and O–H groups in total. The first-order valence-corrected chi connectivity index (χ1v) is 5.26. The first-order chi connectivity index (χ1) is 7.27. The van der Waals surface area contributed by atoms with E-state index >= 15 is 0 Å². The second-order valence-corrected chi connectivity index (χ2v) is 4.12. The van der Waals surface area contributed by atoms with E-state index < -0.39 is 25.6 Å². The van der Waals surface area contributed by atoms with Gasteiger partial charge in [0.25, 0.3) is 5.69 Å². The van der Waals surface area contributed by atoms with Gasteiger partial charge in [-0.05, 0) is 6.07 Å². The van der Waals surface area contributed by atoms with Crippen LogP contribution in [0.4, 0.5) is 11.4 Å². The summed E-state index contributed by atoms with van der Waals surface area (Å²) in [7, 11) is -3.74. The minimum Gasteiger partial charge on any atom is -0.744 e. The largest absolute Gasteiger partial charge is 1.00 e. The molecule has 0 aromatic heterocycles. The summed E-state index contributed by atoms with van der Waals surface area (Å²) in [5.74, 6) is -0.0703. The Balaban J connectivity index is 0.00000256. The average molecular weight is 270 g/mol. The Morgan fingerprint density at radius 3 is 2.29 bits per heavy atom. The number of methoxy groups -OCH3 is 1. The van der Waals surface area contributed by atoms with Crippen molar-refractivity contribution in [1.29, 1.82) is 0 Å². The number of hydrogen-bond acceptors (Lipinski definition) is 7. The van der Waals surface area contributed by atoms with Crippen LogP contribution in [0.5, 0.6) is 5.75 Å². The maximum Gasteiger partial charge on any atom is 1.00 e. The summed E-state index contributed by atoms with van der Waals surface area (Å²) in [5.41, 5.74) is 4.32. The fourth-order valence-electron chi connectivity index (χ4n) is 1.08. The standard InChI is InChI=1S/C7H8N2O6S.Na/c1-15-6-3-5(9(10)11)7(2-4(6)8)16(12,13)14;/h2-3H,8H2,1H3,(H,12,13,14);/q;+1/p-1. The number of benzene rings is 1. The summed E-state index contributed by atoms with van der Waals surface area (Å²) in [6.45, 7) is 0. The summed E-state index contributed by atoms with van der Waals surface area (Å²) in [6, 6.07) is 1.50. The molecule has 0 aliphatic heterocycles. The molecule has 88 valence electrons. The molecule has 0 atom stereocenters. The van der Waals surface area contributed by atoms with E-state index in [4.69, 9.17) is 5.73 Å². The molecular formula is C7H7N2NaO6S. The van der Waals surface area contributed by atoms with Crippen LogP contribution in [0.2, 0.25) is 0 Å². The summed E-state index contributed by atoms with van der Waals surface area (Å²) in [5, 5.41) is 10.6. The number of nitrogens with two attached hydrogens (primary N) is 1. The Labute approximate surface area is 119 Å². The number of hydrogen-bond donors (Lipinski definition) is 1. The summed E-state index contributed by atoms with van der Waals surface area (Å²) in [4.78, 5) is 8.58. The first-order valence-electron chi connectivity index (χ1n) is 3.85. The van der Waals surface area contributed by atoms with Crippen LogP contribution in [-0.4, -0.2) is 25.0 Å². The molecule has 0 aliphatic rings. The van der Waals surface area contributed by atoms with E-state index in [1.165, 1.54) is 7.11 Å². The zero-order valence-corrected chi connectivity index (χ0v) is 11.9. The second kappa shape index (κ2) is 5.65. The Morgan fingerprint density at radius 2 is 1.94 bits per heavy atom. The molecule has 0 saturated carbocycles. The van der Waals surface area contributed by atoms with Gasteiger partial charge in [-0.1, -0.05) is 0 Å². The van der Waals surface area contributed by atoms with Gasteiger partial charge in [0.2, 0.25) is 0 Å². The third-order valence-electron chi connectivity index (χ3n) is 1.78. The number of nitro benzene ring substituents is 1. The van der Waals surface area contributed by atoms with Gasteiger partial charge in [-0.25, -0.2) is 8.42 Å². The van der Waals surface area contributed by atoms with Crippen molar-refractivity contribution in [2.45, 2.75) is 4.90 Å². The number of nitrogens with zero attached hydrogens (tertiary/aromatic N) is 1. The van der Waals surface area contributed by atoms with Crippen LogP contribution in [0.15, 0.2) is 17.0 Å². The number of ether oxygens (including phenoxy) is 1. The summed E-state index contributed by atoms with van der Waals surface area (Å²) in [6.07, 6.45) is 0. The van der Waals surface area contributed by atoms with Gasteiger partial charge < -0.3 is 15.0 Å². The van der Waals surface area contributed by atoms with Crippen molar-refractivity contribution in [3.8, 4) is 5.75 Å². The fourth-order valence-corrected chi connectivity index (χ4v) is 1.75. The van der Waals surface area contributed by atoms with Gasteiger partial charge in [0.1, 0.15) is 20.8 Å². The van der Waals surface area contributed by atoms with Crippen LogP contribution in [0.3, 0.4) is 0 Å². The zero-order valence-electron chi connectivity index (χ0n) is 9.04. The Hall–Kier alpha value is -0.870. The predicted molar refractivity (Wildman–Crippen MR) is 52.0 cm³/mol. The van der Waals surface area contributed by atoms with E-state index in [1.807, 2.05) is 0 Å². The van der Waals surface area contributed by atoms with Gasteiger partial charge >= 0.3 is 29.6 Å². The van der Waals surface area contributed by atoms with E-state index in [1.54, 1.807) is 0 Å². The summed E-state index contributed by atoms with van der Waals surface area (Å²) >= 11 is 0. The molecule has 0 fully saturated rings. The first kappa shape index (κ1) is 16.1. The van der Waals surface area contributed by atoms with Crippen molar-refractivity contribution in [2.24, 2.45) is 0 Å². The molecule has 1 aromatic rings. The van der Waals surface area contributed by atoms with Crippen LogP contribution in [0.25, 0.3) is 0 Å². The zero-order chi connectivity index (χ0) is 12.5. The molecular weight excluding hydrogens is 263 g/mol. The van der Waals surface area contributed by atoms with E-state index in [0.717, 1.165) is 6.07 Å². The van der Waals surface area contributed by atoms with Crippen LogP contribution in [0.1, 0.15) is 0 Å². The van der Waals surface area contributed by atoms with Crippen molar-refractivity contribution < 1.29 is 52.2 Å². The van der Waals surface area contributed by atoms with Crippen LogP contribution in [0, 0.1) is 10.1 Å². The number of nitrogen functional groups attached to an aromatic ring is 1. The molecule has 0 amide bonds. The molecule has 0 bridgehead atoms. The van der Waals surface area contributed by atoms with E-state index in [0.29, 0.717) is 6.07 Å². The van der Waals surface area contributed by atoms with E-state index in [2.05, 4.69) is 4.74 Å². The molecule has 0 unspecified atom stereocenters. The van der Waals surface area contributed by atoms with Crippen molar-refractivity contribution in [2.75, 3.05) is 12.8 Å². The number of anilines is 1. The molecule has 10 heteroatoms. The van der Waals surface area contributed by atoms with Crippen LogP contribution in [-0.2, 0) is 10.1 Å². The predicted octanol–water partition coefficient (Wildman–Crippen LogP) is -2.91. The molecule has 0 saturated heterocycles. The Bertz CT molecular complexity index is 544. The normalized spacial score (nSPS) is 10.5. The number of rotatable bonds is 3. The third-order valence-corrected chi connectivity index (χ3v) is 2.64. The minimum absolute atomic E-state index is 0.